The van der Waals surface area contributed by atoms with Gasteiger partial charge >= 0.3 is 0 Å². The molecule has 2 heterocycles. The summed E-state index contributed by atoms with van der Waals surface area (Å²) in [4.78, 5) is 16.9. The molecule has 1 saturated heterocycles. The smallest absolute Gasteiger partial charge is 0.269 e. The summed E-state index contributed by atoms with van der Waals surface area (Å²) in [7, 11) is 1.78. The van der Waals surface area contributed by atoms with Crippen molar-refractivity contribution in [3.05, 3.63) is 53.9 Å². The van der Waals surface area contributed by atoms with Crippen LogP contribution in [0.4, 0.5) is 0 Å². The number of hydrogen-bond acceptors (Lipinski definition) is 4. The number of nitrogens with zero attached hydrogens (tertiary/aromatic N) is 4. The van der Waals surface area contributed by atoms with E-state index < -0.39 is 0 Å². The van der Waals surface area contributed by atoms with E-state index in [2.05, 4.69) is 50.5 Å². The van der Waals surface area contributed by atoms with Gasteiger partial charge in [-0.2, -0.15) is 5.10 Å². The Balaban J connectivity index is 1.35. The van der Waals surface area contributed by atoms with Crippen molar-refractivity contribution in [3.8, 4) is 0 Å². The fourth-order valence-electron chi connectivity index (χ4n) is 3.03. The van der Waals surface area contributed by atoms with Gasteiger partial charge in [0, 0.05) is 59.1 Å². The van der Waals surface area contributed by atoms with E-state index in [0.29, 0.717) is 12.2 Å². The molecule has 1 fully saturated rings. The fraction of sp³-hybridized carbons (Fsp3) is 0.444. The molecule has 0 spiro atoms. The van der Waals surface area contributed by atoms with Crippen molar-refractivity contribution in [1.82, 2.24) is 24.9 Å². The molecule has 2 aromatic rings. The van der Waals surface area contributed by atoms with Gasteiger partial charge in [0.15, 0.2) is 0 Å². The highest BCUT2D eigenvalue weighted by atomic mass is 16.2. The first-order chi connectivity index (χ1) is 11.7. The molecule has 0 unspecified atom stereocenters. The standard InChI is InChI=1S/C18H25N5O/c1-21-17(7-8-20-21)18(24)19-9-10-22-11-13-23(14-12-22)15-16-5-3-2-4-6-16/h2-8H,9-15H2,1H3,(H,19,24). The molecule has 1 amide bonds. The first-order valence-electron chi connectivity index (χ1n) is 8.47. The summed E-state index contributed by atoms with van der Waals surface area (Å²) in [5, 5.41) is 6.99. The SMILES string of the molecule is Cn1nccc1C(=O)NCCN1CCN(Cc2ccccc2)CC1. The Kier molecular flexibility index (Phi) is 5.61. The molecule has 0 bridgehead atoms. The highest BCUT2D eigenvalue weighted by molar-refractivity contribution is 5.92. The lowest BCUT2D eigenvalue weighted by Gasteiger charge is -2.34. The van der Waals surface area contributed by atoms with Crippen LogP contribution in [0.5, 0.6) is 0 Å². The van der Waals surface area contributed by atoms with Gasteiger partial charge in [-0.3, -0.25) is 19.3 Å². The number of carbonyl (C=O) groups excluding carboxylic acids is 1. The average Bonchev–Trinajstić information content (AvgIpc) is 3.03. The largest absolute Gasteiger partial charge is 0.349 e. The number of rotatable bonds is 6. The molecule has 128 valence electrons. The van der Waals surface area contributed by atoms with E-state index in [1.165, 1.54) is 5.56 Å². The maximum absolute atomic E-state index is 12.0. The molecule has 24 heavy (non-hydrogen) atoms. The van der Waals surface area contributed by atoms with Crippen LogP contribution < -0.4 is 5.32 Å². The van der Waals surface area contributed by atoms with Crippen LogP contribution in [-0.2, 0) is 13.6 Å². The highest BCUT2D eigenvalue weighted by Gasteiger charge is 2.17. The molecule has 6 heteroatoms. The van der Waals surface area contributed by atoms with Crippen LogP contribution in [0.25, 0.3) is 0 Å². The van der Waals surface area contributed by atoms with E-state index in [9.17, 15) is 4.79 Å². The molecular weight excluding hydrogens is 302 g/mol. The van der Waals surface area contributed by atoms with Gasteiger partial charge in [-0.15, -0.1) is 0 Å². The Labute approximate surface area is 143 Å². The predicted molar refractivity (Wildman–Crippen MR) is 93.7 cm³/mol. The predicted octanol–water partition coefficient (Wildman–Crippen LogP) is 0.968. The van der Waals surface area contributed by atoms with Crippen molar-refractivity contribution in [1.29, 1.82) is 0 Å². The first kappa shape index (κ1) is 16.7. The molecule has 6 nitrogen and oxygen atoms in total. The summed E-state index contributed by atoms with van der Waals surface area (Å²) >= 11 is 0. The maximum Gasteiger partial charge on any atom is 0.269 e. The quantitative estimate of drug-likeness (QED) is 0.859. The molecule has 1 aliphatic heterocycles. The van der Waals surface area contributed by atoms with E-state index in [0.717, 1.165) is 39.3 Å². The average molecular weight is 327 g/mol. The van der Waals surface area contributed by atoms with Crippen molar-refractivity contribution < 1.29 is 4.79 Å². The molecular formula is C18H25N5O. The number of benzene rings is 1. The summed E-state index contributed by atoms with van der Waals surface area (Å²) in [6, 6.07) is 12.3. The normalized spacial score (nSPS) is 16.2. The number of amides is 1. The number of aryl methyl sites for hydroxylation is 1. The van der Waals surface area contributed by atoms with Crippen LogP contribution in [-0.4, -0.2) is 64.8 Å². The van der Waals surface area contributed by atoms with Gasteiger partial charge in [0.1, 0.15) is 5.69 Å². The molecule has 1 aromatic carbocycles. The van der Waals surface area contributed by atoms with Crippen molar-refractivity contribution >= 4 is 5.91 Å². The van der Waals surface area contributed by atoms with E-state index in [-0.39, 0.29) is 5.91 Å². The zero-order chi connectivity index (χ0) is 16.8. The Morgan fingerprint density at radius 1 is 1.08 bits per heavy atom. The zero-order valence-electron chi connectivity index (χ0n) is 14.2. The highest BCUT2D eigenvalue weighted by Crippen LogP contribution is 2.08. The molecule has 0 saturated carbocycles. The summed E-state index contributed by atoms with van der Waals surface area (Å²) in [5.41, 5.74) is 1.97. The molecule has 0 radical (unpaired) electrons. The Hall–Kier alpha value is -2.18. The van der Waals surface area contributed by atoms with Gasteiger partial charge in [0.25, 0.3) is 5.91 Å². The second kappa shape index (κ2) is 8.08. The second-order valence-electron chi connectivity index (χ2n) is 6.20. The molecule has 1 aliphatic rings. The van der Waals surface area contributed by atoms with Gasteiger partial charge in [0.05, 0.1) is 0 Å². The van der Waals surface area contributed by atoms with Crippen LogP contribution in [0.15, 0.2) is 42.6 Å². The monoisotopic (exact) mass is 327 g/mol. The lowest BCUT2D eigenvalue weighted by atomic mass is 10.2. The minimum absolute atomic E-state index is 0.0577. The van der Waals surface area contributed by atoms with Crippen LogP contribution in [0.3, 0.4) is 0 Å². The van der Waals surface area contributed by atoms with E-state index in [1.54, 1.807) is 24.0 Å². The van der Waals surface area contributed by atoms with Gasteiger partial charge in [-0.25, -0.2) is 0 Å². The van der Waals surface area contributed by atoms with Crippen molar-refractivity contribution in [2.45, 2.75) is 6.54 Å². The third-order valence-corrected chi connectivity index (χ3v) is 4.48. The second-order valence-corrected chi connectivity index (χ2v) is 6.20. The maximum atomic E-state index is 12.0. The van der Waals surface area contributed by atoms with E-state index in [4.69, 9.17) is 0 Å². The molecule has 1 N–H and O–H groups in total. The van der Waals surface area contributed by atoms with Crippen LogP contribution in [0.1, 0.15) is 16.1 Å². The number of carbonyl (C=O) groups is 1. The summed E-state index contributed by atoms with van der Waals surface area (Å²) in [6.07, 6.45) is 1.64. The fourth-order valence-corrected chi connectivity index (χ4v) is 3.03. The Morgan fingerprint density at radius 3 is 2.46 bits per heavy atom. The van der Waals surface area contributed by atoms with Crippen LogP contribution in [0, 0.1) is 0 Å². The molecule has 0 aliphatic carbocycles. The van der Waals surface area contributed by atoms with Crippen molar-refractivity contribution in [3.63, 3.8) is 0 Å². The van der Waals surface area contributed by atoms with E-state index in [1.807, 2.05) is 0 Å². The van der Waals surface area contributed by atoms with Gasteiger partial charge < -0.3 is 5.32 Å². The van der Waals surface area contributed by atoms with Crippen molar-refractivity contribution in [2.24, 2.45) is 7.05 Å². The number of aromatic nitrogens is 2. The summed E-state index contributed by atoms with van der Waals surface area (Å²) in [6.45, 7) is 6.83. The molecule has 0 atom stereocenters. The third-order valence-electron chi connectivity index (χ3n) is 4.48. The van der Waals surface area contributed by atoms with Gasteiger partial charge in [-0.05, 0) is 11.6 Å². The lowest BCUT2D eigenvalue weighted by Crippen LogP contribution is -2.48. The number of piperazine rings is 1. The molecule has 1 aromatic heterocycles. The minimum atomic E-state index is -0.0577. The minimum Gasteiger partial charge on any atom is -0.349 e. The zero-order valence-corrected chi connectivity index (χ0v) is 14.2. The van der Waals surface area contributed by atoms with Gasteiger partial charge in [0.2, 0.25) is 0 Å². The van der Waals surface area contributed by atoms with Crippen LogP contribution >= 0.6 is 0 Å². The topological polar surface area (TPSA) is 53.4 Å². The number of hydrogen-bond donors (Lipinski definition) is 1. The van der Waals surface area contributed by atoms with E-state index >= 15 is 0 Å². The number of nitrogens with one attached hydrogen (secondary N) is 1. The Bertz CT molecular complexity index is 646. The summed E-state index contributed by atoms with van der Waals surface area (Å²) < 4.78 is 1.59. The van der Waals surface area contributed by atoms with Crippen molar-refractivity contribution in [2.75, 3.05) is 39.3 Å². The first-order valence-corrected chi connectivity index (χ1v) is 8.47. The Morgan fingerprint density at radius 2 is 1.79 bits per heavy atom. The lowest BCUT2D eigenvalue weighted by molar-refractivity contribution is 0.0925. The molecule has 3 rings (SSSR count). The third kappa shape index (κ3) is 4.43. The van der Waals surface area contributed by atoms with Crippen LogP contribution in [0.2, 0.25) is 0 Å². The van der Waals surface area contributed by atoms with Gasteiger partial charge in [-0.1, -0.05) is 30.3 Å². The summed E-state index contributed by atoms with van der Waals surface area (Å²) in [5.74, 6) is -0.0577.